The van der Waals surface area contributed by atoms with Crippen molar-refractivity contribution in [2.24, 2.45) is 5.73 Å². The summed E-state index contributed by atoms with van der Waals surface area (Å²) in [6.45, 7) is 1.97. The summed E-state index contributed by atoms with van der Waals surface area (Å²) in [7, 11) is 0. The second kappa shape index (κ2) is 5.00. The molecule has 3 N–H and O–H groups in total. The van der Waals surface area contributed by atoms with Gasteiger partial charge >= 0.3 is 0 Å². The topological polar surface area (TPSA) is 55.1 Å². The first-order valence-corrected chi connectivity index (χ1v) is 7.41. The molecular weight excluding hydrogens is 275 g/mol. The van der Waals surface area contributed by atoms with E-state index in [1.165, 1.54) is 6.07 Å². The maximum absolute atomic E-state index is 14.3. The third-order valence-corrected chi connectivity index (χ3v) is 4.56. The van der Waals surface area contributed by atoms with Crippen LogP contribution in [-0.4, -0.2) is 5.91 Å². The summed E-state index contributed by atoms with van der Waals surface area (Å²) in [6, 6.07) is 2.69. The van der Waals surface area contributed by atoms with Gasteiger partial charge in [0.25, 0.3) is 0 Å². The number of halogens is 1. The van der Waals surface area contributed by atoms with Crippen molar-refractivity contribution < 1.29 is 9.18 Å². The number of benzene rings is 1. The Hall–Kier alpha value is -1.72. The molecule has 0 saturated heterocycles. The van der Waals surface area contributed by atoms with E-state index < -0.39 is 6.04 Å². The van der Waals surface area contributed by atoms with Crippen molar-refractivity contribution in [3.05, 3.63) is 51.0 Å². The average molecular weight is 290 g/mol. The van der Waals surface area contributed by atoms with Crippen molar-refractivity contribution in [2.75, 3.05) is 5.32 Å². The highest BCUT2D eigenvalue weighted by molar-refractivity contribution is 7.08. The maximum atomic E-state index is 14.3. The average Bonchev–Trinajstić information content (AvgIpc) is 2.83. The van der Waals surface area contributed by atoms with Crippen LogP contribution in [0.2, 0.25) is 0 Å². The van der Waals surface area contributed by atoms with Gasteiger partial charge in [-0.15, -0.1) is 0 Å². The van der Waals surface area contributed by atoms with Crippen LogP contribution >= 0.6 is 11.3 Å². The number of hydrogen-bond acceptors (Lipinski definition) is 3. The van der Waals surface area contributed by atoms with Crippen molar-refractivity contribution in [2.45, 2.75) is 25.8 Å². The summed E-state index contributed by atoms with van der Waals surface area (Å²) in [6.07, 6.45) is 1.06. The lowest BCUT2D eigenvalue weighted by atomic mass is 9.93. The lowest BCUT2D eigenvalue weighted by Crippen LogP contribution is -2.21. The molecule has 1 aromatic carbocycles. The van der Waals surface area contributed by atoms with Crippen LogP contribution in [0.3, 0.4) is 0 Å². The summed E-state index contributed by atoms with van der Waals surface area (Å²) < 4.78 is 14.3. The molecule has 0 spiro atoms. The molecule has 1 aromatic heterocycles. The molecule has 1 aliphatic heterocycles. The van der Waals surface area contributed by atoms with Gasteiger partial charge in [0.1, 0.15) is 5.82 Å². The smallest absolute Gasteiger partial charge is 0.224 e. The molecule has 1 aliphatic rings. The first-order chi connectivity index (χ1) is 9.56. The Balaban J connectivity index is 2.02. The molecule has 0 radical (unpaired) electrons. The van der Waals surface area contributed by atoms with Crippen LogP contribution in [0.4, 0.5) is 10.1 Å². The zero-order valence-electron chi connectivity index (χ0n) is 11.1. The molecule has 1 atom stereocenters. The molecule has 5 heteroatoms. The Labute approximate surface area is 120 Å². The lowest BCUT2D eigenvalue weighted by molar-refractivity contribution is -0.116. The van der Waals surface area contributed by atoms with E-state index in [2.05, 4.69) is 5.32 Å². The first-order valence-electron chi connectivity index (χ1n) is 6.46. The van der Waals surface area contributed by atoms with Gasteiger partial charge in [0.15, 0.2) is 0 Å². The van der Waals surface area contributed by atoms with E-state index in [0.717, 1.165) is 16.7 Å². The SMILES string of the molecule is Cc1cscc1C(N)c1cc2c(cc1F)NC(=O)CC2. The molecule has 1 unspecified atom stereocenters. The minimum Gasteiger partial charge on any atom is -0.326 e. The molecule has 0 aliphatic carbocycles. The van der Waals surface area contributed by atoms with E-state index in [1.54, 1.807) is 17.4 Å². The fraction of sp³-hybridized carbons (Fsp3) is 0.267. The number of carbonyl (C=O) groups is 1. The number of thiophene rings is 1. The molecule has 0 fully saturated rings. The minimum absolute atomic E-state index is 0.0670. The molecule has 3 nitrogen and oxygen atoms in total. The van der Waals surface area contributed by atoms with E-state index in [1.807, 2.05) is 17.7 Å². The highest BCUT2D eigenvalue weighted by Crippen LogP contribution is 2.32. The number of nitrogens with one attached hydrogen (secondary N) is 1. The van der Waals surface area contributed by atoms with Gasteiger partial charge in [-0.2, -0.15) is 11.3 Å². The van der Waals surface area contributed by atoms with Gasteiger partial charge in [-0.05, 0) is 52.9 Å². The van der Waals surface area contributed by atoms with Crippen molar-refractivity contribution in [1.29, 1.82) is 0 Å². The van der Waals surface area contributed by atoms with Crippen molar-refractivity contribution in [1.82, 2.24) is 0 Å². The van der Waals surface area contributed by atoms with E-state index in [-0.39, 0.29) is 11.7 Å². The molecule has 104 valence electrons. The van der Waals surface area contributed by atoms with Crippen molar-refractivity contribution in [3.8, 4) is 0 Å². The van der Waals surface area contributed by atoms with Gasteiger partial charge in [0, 0.05) is 17.7 Å². The summed E-state index contributed by atoms with van der Waals surface area (Å²) in [5.41, 5.74) is 10.2. The number of carbonyl (C=O) groups excluding carboxylic acids is 1. The Morgan fingerprint density at radius 2 is 2.10 bits per heavy atom. The third-order valence-electron chi connectivity index (χ3n) is 3.68. The summed E-state index contributed by atoms with van der Waals surface area (Å²) >= 11 is 1.56. The zero-order valence-corrected chi connectivity index (χ0v) is 11.9. The predicted molar refractivity (Wildman–Crippen MR) is 78.4 cm³/mol. The first kappa shape index (κ1) is 13.3. The highest BCUT2D eigenvalue weighted by atomic mass is 32.1. The van der Waals surface area contributed by atoms with Gasteiger partial charge in [0.2, 0.25) is 5.91 Å². The normalized spacial score (nSPS) is 15.7. The van der Waals surface area contributed by atoms with Crippen LogP contribution in [-0.2, 0) is 11.2 Å². The Kier molecular flexibility index (Phi) is 3.31. The molecule has 0 saturated carbocycles. The van der Waals surface area contributed by atoms with E-state index in [0.29, 0.717) is 24.1 Å². The number of nitrogens with two attached hydrogens (primary N) is 1. The van der Waals surface area contributed by atoms with Gasteiger partial charge in [-0.25, -0.2) is 4.39 Å². The van der Waals surface area contributed by atoms with Crippen molar-refractivity contribution in [3.63, 3.8) is 0 Å². The number of rotatable bonds is 2. The van der Waals surface area contributed by atoms with E-state index >= 15 is 0 Å². The van der Waals surface area contributed by atoms with Crippen molar-refractivity contribution >= 4 is 22.9 Å². The number of hydrogen-bond donors (Lipinski definition) is 2. The summed E-state index contributed by atoms with van der Waals surface area (Å²) in [5, 5.41) is 6.66. The maximum Gasteiger partial charge on any atom is 0.224 e. The van der Waals surface area contributed by atoms with Gasteiger partial charge in [-0.3, -0.25) is 4.79 Å². The van der Waals surface area contributed by atoms with E-state index in [9.17, 15) is 9.18 Å². The van der Waals surface area contributed by atoms with E-state index in [4.69, 9.17) is 5.73 Å². The monoisotopic (exact) mass is 290 g/mol. The third kappa shape index (κ3) is 2.23. The fourth-order valence-corrected chi connectivity index (χ4v) is 3.40. The number of aryl methyl sites for hydroxylation is 2. The zero-order chi connectivity index (χ0) is 14.3. The number of fused-ring (bicyclic) bond motifs is 1. The number of anilines is 1. The summed E-state index contributed by atoms with van der Waals surface area (Å²) in [4.78, 5) is 11.3. The fourth-order valence-electron chi connectivity index (χ4n) is 2.52. The quantitative estimate of drug-likeness (QED) is 0.893. The van der Waals surface area contributed by atoms with Crippen LogP contribution in [0, 0.1) is 12.7 Å². The lowest BCUT2D eigenvalue weighted by Gasteiger charge is -2.20. The van der Waals surface area contributed by atoms with Gasteiger partial charge < -0.3 is 11.1 Å². The molecule has 0 bridgehead atoms. The van der Waals surface area contributed by atoms with Crippen LogP contribution in [0.1, 0.15) is 34.7 Å². The molecule has 20 heavy (non-hydrogen) atoms. The van der Waals surface area contributed by atoms with Crippen LogP contribution in [0.15, 0.2) is 22.9 Å². The summed E-state index contributed by atoms with van der Waals surface area (Å²) in [5.74, 6) is -0.438. The Morgan fingerprint density at radius 3 is 2.80 bits per heavy atom. The van der Waals surface area contributed by atoms with Gasteiger partial charge in [0.05, 0.1) is 6.04 Å². The van der Waals surface area contributed by atoms with Gasteiger partial charge in [-0.1, -0.05) is 0 Å². The molecule has 1 amide bonds. The Morgan fingerprint density at radius 1 is 1.30 bits per heavy atom. The molecule has 3 rings (SSSR count). The minimum atomic E-state index is -0.468. The number of amides is 1. The molecule has 2 heterocycles. The van der Waals surface area contributed by atoms with Crippen LogP contribution < -0.4 is 11.1 Å². The predicted octanol–water partition coefficient (Wildman–Crippen LogP) is 3.13. The van der Waals surface area contributed by atoms with Crippen LogP contribution in [0.25, 0.3) is 0 Å². The van der Waals surface area contributed by atoms with Crippen LogP contribution in [0.5, 0.6) is 0 Å². The standard InChI is InChI=1S/C15H15FN2OS/c1-8-6-20-7-11(8)15(17)10-4-9-2-3-14(19)18-13(9)5-12(10)16/h4-7,15H,2-3,17H2,1H3,(H,18,19). The second-order valence-corrected chi connectivity index (χ2v) is 5.81. The largest absolute Gasteiger partial charge is 0.326 e. The molecular formula is C15H15FN2OS. The Bertz CT molecular complexity index is 681. The molecule has 2 aromatic rings. The highest BCUT2D eigenvalue weighted by Gasteiger charge is 2.21. The second-order valence-electron chi connectivity index (χ2n) is 5.07.